The van der Waals surface area contributed by atoms with Gasteiger partial charge in [-0.1, -0.05) is 0 Å². The zero-order valence-electron chi connectivity index (χ0n) is 15.5. The molecule has 0 saturated heterocycles. The fourth-order valence-electron chi connectivity index (χ4n) is 2.26. The van der Waals surface area contributed by atoms with E-state index in [0.29, 0.717) is 22.9 Å². The maximum atomic E-state index is 12.5. The van der Waals surface area contributed by atoms with Crippen molar-refractivity contribution in [3.8, 4) is 11.5 Å². The van der Waals surface area contributed by atoms with Crippen molar-refractivity contribution in [2.75, 3.05) is 14.2 Å². The minimum absolute atomic E-state index is 0.146. The van der Waals surface area contributed by atoms with Crippen LogP contribution in [0.4, 0.5) is 0 Å². The predicted molar refractivity (Wildman–Crippen MR) is 101 cm³/mol. The predicted octanol–water partition coefficient (Wildman–Crippen LogP) is 2.83. The monoisotopic (exact) mass is 391 g/mol. The molecule has 1 amide bonds. The van der Waals surface area contributed by atoms with E-state index in [-0.39, 0.29) is 17.3 Å². The third kappa shape index (κ3) is 5.30. The number of benzene rings is 1. The third-order valence-corrected chi connectivity index (χ3v) is 4.80. The van der Waals surface area contributed by atoms with E-state index in [1.165, 1.54) is 45.5 Å². The lowest BCUT2D eigenvalue weighted by atomic mass is 10.2. The number of nitrogens with one attached hydrogen (secondary N) is 1. The summed E-state index contributed by atoms with van der Waals surface area (Å²) in [6.45, 7) is 3.29. The van der Waals surface area contributed by atoms with Crippen LogP contribution < -0.4 is 14.8 Å². The van der Waals surface area contributed by atoms with Gasteiger partial charge in [0.25, 0.3) is 0 Å². The molecule has 8 heteroatoms. The molecule has 144 valence electrons. The van der Waals surface area contributed by atoms with Crippen LogP contribution in [-0.4, -0.2) is 38.0 Å². The summed E-state index contributed by atoms with van der Waals surface area (Å²) in [6.07, 6.45) is -0.962. The number of hydrogen-bond donors (Lipinski definition) is 1. The highest BCUT2D eigenvalue weighted by atomic mass is 32.1. The van der Waals surface area contributed by atoms with Gasteiger partial charge in [0.1, 0.15) is 17.1 Å². The normalized spacial score (nSPS) is 11.4. The van der Waals surface area contributed by atoms with Gasteiger partial charge in [0.15, 0.2) is 6.10 Å². The second kappa shape index (κ2) is 9.18. The lowest BCUT2D eigenvalue weighted by molar-refractivity contribution is -0.119. The molecule has 0 spiro atoms. The Morgan fingerprint density at radius 2 is 1.85 bits per heavy atom. The first-order chi connectivity index (χ1) is 12.8. The number of ether oxygens (including phenoxy) is 3. The Labute approximate surface area is 161 Å². The molecule has 7 nitrogen and oxygen atoms in total. The van der Waals surface area contributed by atoms with E-state index in [4.69, 9.17) is 14.2 Å². The summed E-state index contributed by atoms with van der Waals surface area (Å²) in [5, 5.41) is 2.67. The molecule has 0 fully saturated rings. The van der Waals surface area contributed by atoms with E-state index in [0.717, 1.165) is 4.88 Å². The lowest BCUT2D eigenvalue weighted by Crippen LogP contribution is -2.24. The minimum atomic E-state index is -0.962. The van der Waals surface area contributed by atoms with Crippen LogP contribution in [0.3, 0.4) is 0 Å². The van der Waals surface area contributed by atoms with Crippen molar-refractivity contribution >= 4 is 29.0 Å². The number of carbonyl (C=O) groups excluding carboxylic acids is 3. The third-order valence-electron chi connectivity index (χ3n) is 3.70. The van der Waals surface area contributed by atoms with Gasteiger partial charge in [0.2, 0.25) is 11.7 Å². The number of esters is 1. The van der Waals surface area contributed by atoms with Crippen LogP contribution in [-0.2, 0) is 16.1 Å². The van der Waals surface area contributed by atoms with Gasteiger partial charge in [-0.05, 0) is 31.2 Å². The lowest BCUT2D eigenvalue weighted by Gasteiger charge is -2.14. The maximum absolute atomic E-state index is 12.5. The summed E-state index contributed by atoms with van der Waals surface area (Å²) >= 11 is 1.25. The van der Waals surface area contributed by atoms with E-state index in [9.17, 15) is 14.4 Å². The van der Waals surface area contributed by atoms with Gasteiger partial charge in [-0.25, -0.2) is 4.79 Å². The molecule has 0 radical (unpaired) electrons. The van der Waals surface area contributed by atoms with Crippen molar-refractivity contribution < 1.29 is 28.6 Å². The average Bonchev–Trinajstić information content (AvgIpc) is 3.13. The summed E-state index contributed by atoms with van der Waals surface area (Å²) in [5.74, 6) is -0.280. The van der Waals surface area contributed by atoms with Crippen molar-refractivity contribution in [3.63, 3.8) is 0 Å². The molecule has 27 heavy (non-hydrogen) atoms. The number of rotatable bonds is 8. The van der Waals surface area contributed by atoms with Gasteiger partial charge in [-0.15, -0.1) is 11.3 Å². The first-order valence-electron chi connectivity index (χ1n) is 8.16. The van der Waals surface area contributed by atoms with Crippen LogP contribution >= 0.6 is 11.3 Å². The van der Waals surface area contributed by atoms with Crippen LogP contribution in [0.25, 0.3) is 0 Å². The molecule has 2 aromatic rings. The zero-order chi connectivity index (χ0) is 20.0. The molecule has 0 aliphatic carbocycles. The largest absolute Gasteiger partial charge is 0.497 e. The number of hydrogen-bond acceptors (Lipinski definition) is 7. The molecule has 0 saturated carbocycles. The van der Waals surface area contributed by atoms with Gasteiger partial charge in [-0.2, -0.15) is 0 Å². The van der Waals surface area contributed by atoms with Crippen LogP contribution in [0, 0.1) is 0 Å². The first-order valence-corrected chi connectivity index (χ1v) is 8.97. The number of thiophene rings is 1. The fraction of sp³-hybridized carbons (Fsp3) is 0.316. The quantitative estimate of drug-likeness (QED) is 0.550. The standard InChI is InChI=1S/C19H21NO6S/c1-11(18(22)17-8-6-14(27-17)10-20-12(2)21)26-19(23)15-7-5-13(24-3)9-16(15)25-4/h5-9,11H,10H2,1-4H3,(H,20,21). The van der Waals surface area contributed by atoms with Gasteiger partial charge in [0.05, 0.1) is 25.6 Å². The SMILES string of the molecule is COc1ccc(C(=O)OC(C)C(=O)c2ccc(CNC(C)=O)s2)c(OC)c1. The summed E-state index contributed by atoms with van der Waals surface area (Å²) in [5.41, 5.74) is 0.204. The van der Waals surface area contributed by atoms with Crippen LogP contribution in [0.1, 0.15) is 38.8 Å². The van der Waals surface area contributed by atoms with Gasteiger partial charge in [0, 0.05) is 17.9 Å². The van der Waals surface area contributed by atoms with Crippen LogP contribution in [0.2, 0.25) is 0 Å². The number of amides is 1. The molecule has 0 bridgehead atoms. The summed E-state index contributed by atoms with van der Waals surface area (Å²) in [7, 11) is 2.94. The second-order valence-electron chi connectivity index (χ2n) is 5.65. The van der Waals surface area contributed by atoms with Crippen molar-refractivity contribution in [3.05, 3.63) is 45.6 Å². The molecule has 1 atom stereocenters. The molecule has 1 N–H and O–H groups in total. The number of methoxy groups -OCH3 is 2. The van der Waals surface area contributed by atoms with E-state index in [1.54, 1.807) is 24.3 Å². The van der Waals surface area contributed by atoms with Crippen molar-refractivity contribution in [1.82, 2.24) is 5.32 Å². The average molecular weight is 391 g/mol. The Balaban J connectivity index is 2.05. The first kappa shape index (κ1) is 20.4. The highest BCUT2D eigenvalue weighted by molar-refractivity contribution is 7.14. The molecule has 1 unspecified atom stereocenters. The Kier molecular flexibility index (Phi) is 6.95. The van der Waals surface area contributed by atoms with Crippen LogP contribution in [0.5, 0.6) is 11.5 Å². The van der Waals surface area contributed by atoms with Gasteiger partial charge < -0.3 is 19.5 Å². The Morgan fingerprint density at radius 1 is 1.11 bits per heavy atom. The molecular weight excluding hydrogens is 370 g/mol. The molecule has 1 aromatic carbocycles. The molecule has 0 aliphatic heterocycles. The highest BCUT2D eigenvalue weighted by Crippen LogP contribution is 2.26. The summed E-state index contributed by atoms with van der Waals surface area (Å²) in [6, 6.07) is 8.11. The van der Waals surface area contributed by atoms with Crippen molar-refractivity contribution in [2.45, 2.75) is 26.5 Å². The summed E-state index contributed by atoms with van der Waals surface area (Å²) < 4.78 is 15.6. The second-order valence-corrected chi connectivity index (χ2v) is 6.82. The van der Waals surface area contributed by atoms with E-state index in [1.807, 2.05) is 0 Å². The van der Waals surface area contributed by atoms with E-state index < -0.39 is 12.1 Å². The molecule has 0 aliphatic rings. The summed E-state index contributed by atoms with van der Waals surface area (Å²) in [4.78, 5) is 37.2. The van der Waals surface area contributed by atoms with Gasteiger partial charge in [-0.3, -0.25) is 9.59 Å². The number of carbonyl (C=O) groups is 3. The minimum Gasteiger partial charge on any atom is -0.497 e. The number of ketones is 1. The molecule has 2 rings (SSSR count). The topological polar surface area (TPSA) is 90.9 Å². The highest BCUT2D eigenvalue weighted by Gasteiger charge is 2.24. The smallest absolute Gasteiger partial charge is 0.342 e. The molecule has 1 heterocycles. The van der Waals surface area contributed by atoms with Crippen molar-refractivity contribution in [2.24, 2.45) is 0 Å². The maximum Gasteiger partial charge on any atom is 0.342 e. The zero-order valence-corrected chi connectivity index (χ0v) is 16.3. The van der Waals surface area contributed by atoms with E-state index in [2.05, 4.69) is 5.32 Å². The van der Waals surface area contributed by atoms with Crippen molar-refractivity contribution in [1.29, 1.82) is 0 Å². The molecular formula is C19H21NO6S. The Hall–Kier alpha value is -2.87. The van der Waals surface area contributed by atoms with E-state index >= 15 is 0 Å². The van der Waals surface area contributed by atoms with Crippen LogP contribution in [0.15, 0.2) is 30.3 Å². The Bertz CT molecular complexity index is 844. The molecule has 1 aromatic heterocycles. The number of Topliss-reactive ketones (excluding diaryl/α,β-unsaturated/α-hetero) is 1. The Morgan fingerprint density at radius 3 is 2.48 bits per heavy atom. The van der Waals surface area contributed by atoms with Gasteiger partial charge >= 0.3 is 5.97 Å². The fourth-order valence-corrected chi connectivity index (χ4v) is 3.23.